The van der Waals surface area contributed by atoms with Crippen LogP contribution in [0.2, 0.25) is 0 Å². The van der Waals surface area contributed by atoms with E-state index in [2.05, 4.69) is 26.0 Å². The second kappa shape index (κ2) is 8.81. The van der Waals surface area contributed by atoms with Crippen LogP contribution in [0.1, 0.15) is 10.4 Å². The first-order chi connectivity index (χ1) is 13.4. The van der Waals surface area contributed by atoms with Crippen molar-refractivity contribution in [3.05, 3.63) is 82.8 Å². The highest BCUT2D eigenvalue weighted by atomic mass is 79.9. The SMILES string of the molecule is CSc1ccccc1C(=O)Nc1ccc(S(=O)(=O)Nc2ccc(Br)cc2)cc1. The van der Waals surface area contributed by atoms with Crippen molar-refractivity contribution in [2.45, 2.75) is 9.79 Å². The third-order valence-corrected chi connectivity index (χ3v) is 6.59. The van der Waals surface area contributed by atoms with E-state index in [-0.39, 0.29) is 10.8 Å². The molecule has 8 heteroatoms. The molecule has 0 heterocycles. The van der Waals surface area contributed by atoms with Crippen LogP contribution >= 0.6 is 27.7 Å². The van der Waals surface area contributed by atoms with E-state index in [1.165, 1.54) is 23.9 Å². The fourth-order valence-corrected chi connectivity index (χ4v) is 4.40. The molecule has 0 bridgehead atoms. The number of anilines is 2. The third kappa shape index (κ3) is 4.95. The standard InChI is InChI=1S/C20H17BrN2O3S2/c1-27-19-5-3-2-4-18(19)20(24)22-15-10-12-17(13-11-15)28(25,26)23-16-8-6-14(21)7-9-16/h2-13,23H,1H3,(H,22,24). The molecule has 2 N–H and O–H groups in total. The van der Waals surface area contributed by atoms with Gasteiger partial charge in [0.05, 0.1) is 10.5 Å². The summed E-state index contributed by atoms with van der Waals surface area (Å²) in [6.45, 7) is 0. The van der Waals surface area contributed by atoms with Crippen molar-refractivity contribution >= 4 is 55.0 Å². The Morgan fingerprint density at radius 1 is 0.893 bits per heavy atom. The molecule has 0 unspecified atom stereocenters. The van der Waals surface area contributed by atoms with E-state index in [1.807, 2.05) is 18.4 Å². The molecule has 0 aromatic heterocycles. The second-order valence-electron chi connectivity index (χ2n) is 5.79. The number of nitrogens with one attached hydrogen (secondary N) is 2. The maximum absolute atomic E-state index is 12.5. The summed E-state index contributed by atoms with van der Waals surface area (Å²) in [5.41, 5.74) is 1.56. The molecule has 0 fully saturated rings. The zero-order chi connectivity index (χ0) is 20.1. The van der Waals surface area contributed by atoms with E-state index in [4.69, 9.17) is 0 Å². The number of benzene rings is 3. The fourth-order valence-electron chi connectivity index (χ4n) is 2.48. The quantitative estimate of drug-likeness (QED) is 0.477. The monoisotopic (exact) mass is 476 g/mol. The minimum atomic E-state index is -3.72. The molecule has 0 saturated carbocycles. The van der Waals surface area contributed by atoms with Gasteiger partial charge in [0, 0.05) is 20.7 Å². The van der Waals surface area contributed by atoms with Crippen molar-refractivity contribution in [3.63, 3.8) is 0 Å². The number of carbonyl (C=O) groups is 1. The summed E-state index contributed by atoms with van der Waals surface area (Å²) in [6, 6.07) is 20.2. The topological polar surface area (TPSA) is 75.3 Å². The highest BCUT2D eigenvalue weighted by Crippen LogP contribution is 2.23. The normalized spacial score (nSPS) is 11.1. The van der Waals surface area contributed by atoms with Gasteiger partial charge in [-0.15, -0.1) is 11.8 Å². The molecule has 144 valence electrons. The lowest BCUT2D eigenvalue weighted by Gasteiger charge is -2.11. The number of sulfonamides is 1. The Bertz CT molecular complexity index is 1080. The molecule has 0 radical (unpaired) electrons. The van der Waals surface area contributed by atoms with Gasteiger partial charge in [-0.2, -0.15) is 0 Å². The van der Waals surface area contributed by atoms with E-state index in [0.29, 0.717) is 16.9 Å². The second-order valence-corrected chi connectivity index (χ2v) is 9.24. The summed E-state index contributed by atoms with van der Waals surface area (Å²) < 4.78 is 28.4. The first-order valence-corrected chi connectivity index (χ1v) is 11.7. The number of hydrogen-bond donors (Lipinski definition) is 2. The van der Waals surface area contributed by atoms with Crippen LogP contribution in [0.3, 0.4) is 0 Å². The highest BCUT2D eigenvalue weighted by molar-refractivity contribution is 9.10. The Labute approximate surface area is 176 Å². The first kappa shape index (κ1) is 20.4. The van der Waals surface area contributed by atoms with Crippen LogP contribution in [-0.4, -0.2) is 20.6 Å². The smallest absolute Gasteiger partial charge is 0.261 e. The molecule has 0 saturated heterocycles. The molecule has 5 nitrogen and oxygen atoms in total. The molecular formula is C20H17BrN2O3S2. The van der Waals surface area contributed by atoms with Crippen LogP contribution < -0.4 is 10.0 Å². The van der Waals surface area contributed by atoms with Crippen LogP contribution in [-0.2, 0) is 10.0 Å². The van der Waals surface area contributed by atoms with Crippen molar-refractivity contribution in [2.24, 2.45) is 0 Å². The Balaban J connectivity index is 1.74. The molecule has 1 amide bonds. The average Bonchev–Trinajstić information content (AvgIpc) is 2.70. The largest absolute Gasteiger partial charge is 0.322 e. The van der Waals surface area contributed by atoms with Gasteiger partial charge < -0.3 is 5.32 Å². The first-order valence-electron chi connectivity index (χ1n) is 8.22. The van der Waals surface area contributed by atoms with Gasteiger partial charge in [0.2, 0.25) is 0 Å². The van der Waals surface area contributed by atoms with Gasteiger partial charge in [-0.3, -0.25) is 9.52 Å². The summed E-state index contributed by atoms with van der Waals surface area (Å²) >= 11 is 4.80. The summed E-state index contributed by atoms with van der Waals surface area (Å²) in [5.74, 6) is -0.242. The summed E-state index contributed by atoms with van der Waals surface area (Å²) in [6.07, 6.45) is 1.91. The average molecular weight is 477 g/mol. The van der Waals surface area contributed by atoms with Crippen molar-refractivity contribution in [1.29, 1.82) is 0 Å². The molecule has 3 rings (SSSR count). The zero-order valence-corrected chi connectivity index (χ0v) is 18.1. The van der Waals surface area contributed by atoms with Crippen LogP contribution in [0.25, 0.3) is 0 Å². The number of amides is 1. The van der Waals surface area contributed by atoms with E-state index in [1.54, 1.807) is 48.5 Å². The van der Waals surface area contributed by atoms with Crippen LogP contribution in [0.4, 0.5) is 11.4 Å². The Morgan fingerprint density at radius 2 is 1.50 bits per heavy atom. The predicted molar refractivity (Wildman–Crippen MR) is 118 cm³/mol. The molecule has 0 aliphatic carbocycles. The highest BCUT2D eigenvalue weighted by Gasteiger charge is 2.15. The molecule has 28 heavy (non-hydrogen) atoms. The fraction of sp³-hybridized carbons (Fsp3) is 0.0500. The van der Waals surface area contributed by atoms with E-state index in [0.717, 1.165) is 9.37 Å². The van der Waals surface area contributed by atoms with Crippen molar-refractivity contribution in [1.82, 2.24) is 0 Å². The van der Waals surface area contributed by atoms with Crippen LogP contribution in [0, 0.1) is 0 Å². The van der Waals surface area contributed by atoms with Crippen molar-refractivity contribution in [3.8, 4) is 0 Å². The molecule has 0 spiro atoms. The Hall–Kier alpha value is -2.29. The maximum Gasteiger partial charge on any atom is 0.261 e. The Kier molecular flexibility index (Phi) is 6.43. The van der Waals surface area contributed by atoms with E-state index >= 15 is 0 Å². The number of thioether (sulfide) groups is 1. The van der Waals surface area contributed by atoms with Gasteiger partial charge >= 0.3 is 0 Å². The summed E-state index contributed by atoms with van der Waals surface area (Å²) in [5, 5.41) is 2.79. The molecule has 3 aromatic carbocycles. The van der Waals surface area contributed by atoms with E-state index < -0.39 is 10.0 Å². The maximum atomic E-state index is 12.5. The molecule has 0 aliphatic heterocycles. The van der Waals surface area contributed by atoms with E-state index in [9.17, 15) is 13.2 Å². The molecule has 0 aliphatic rings. The summed E-state index contributed by atoms with van der Waals surface area (Å²) in [7, 11) is -3.72. The van der Waals surface area contributed by atoms with Crippen molar-refractivity contribution in [2.75, 3.05) is 16.3 Å². The lowest BCUT2D eigenvalue weighted by molar-refractivity contribution is 0.102. The van der Waals surface area contributed by atoms with Gasteiger partial charge in [0.25, 0.3) is 15.9 Å². The minimum absolute atomic E-state index is 0.109. The van der Waals surface area contributed by atoms with Crippen LogP contribution in [0.5, 0.6) is 0 Å². The Morgan fingerprint density at radius 3 is 2.14 bits per heavy atom. The molecule has 0 atom stereocenters. The van der Waals surface area contributed by atoms with Crippen molar-refractivity contribution < 1.29 is 13.2 Å². The number of halogens is 1. The predicted octanol–water partition coefficient (Wildman–Crippen LogP) is 5.22. The van der Waals surface area contributed by atoms with Gasteiger partial charge in [-0.05, 0) is 66.9 Å². The number of hydrogen-bond acceptors (Lipinski definition) is 4. The molecular weight excluding hydrogens is 460 g/mol. The minimum Gasteiger partial charge on any atom is -0.322 e. The molecule has 3 aromatic rings. The zero-order valence-electron chi connectivity index (χ0n) is 14.8. The summed E-state index contributed by atoms with van der Waals surface area (Å²) in [4.78, 5) is 13.5. The number of carbonyl (C=O) groups excluding carboxylic acids is 1. The number of rotatable bonds is 6. The third-order valence-electron chi connectivity index (χ3n) is 3.87. The van der Waals surface area contributed by atoms with Gasteiger partial charge in [-0.1, -0.05) is 28.1 Å². The van der Waals surface area contributed by atoms with Gasteiger partial charge in [-0.25, -0.2) is 8.42 Å². The lowest BCUT2D eigenvalue weighted by atomic mass is 10.2. The van der Waals surface area contributed by atoms with Crippen LogP contribution in [0.15, 0.2) is 87.1 Å². The van der Waals surface area contributed by atoms with Gasteiger partial charge in [0.1, 0.15) is 0 Å². The lowest BCUT2D eigenvalue weighted by Crippen LogP contribution is -2.14. The van der Waals surface area contributed by atoms with Gasteiger partial charge in [0.15, 0.2) is 0 Å².